The van der Waals surface area contributed by atoms with Gasteiger partial charge in [-0.3, -0.25) is 14.5 Å². The molecule has 7 nitrogen and oxygen atoms in total. The van der Waals surface area contributed by atoms with Gasteiger partial charge in [0.05, 0.1) is 37.2 Å². The molecule has 26 heavy (non-hydrogen) atoms. The highest BCUT2D eigenvalue weighted by Crippen LogP contribution is 2.42. The maximum atomic E-state index is 12.5. The van der Waals surface area contributed by atoms with Crippen molar-refractivity contribution in [3.8, 4) is 0 Å². The molecular formula is C19H24N4O3. The number of amides is 1. The maximum absolute atomic E-state index is 12.5. The second-order valence-electron chi connectivity index (χ2n) is 7.13. The lowest BCUT2D eigenvalue weighted by Crippen LogP contribution is -2.66. The number of hydrogen-bond donors (Lipinski definition) is 0. The highest BCUT2D eigenvalue weighted by Gasteiger charge is 2.54. The molecule has 0 radical (unpaired) electrons. The van der Waals surface area contributed by atoms with E-state index in [9.17, 15) is 4.79 Å². The monoisotopic (exact) mass is 356 g/mol. The highest BCUT2D eigenvalue weighted by atomic mass is 16.5. The summed E-state index contributed by atoms with van der Waals surface area (Å²) in [5.74, 6) is 0.466. The molecule has 138 valence electrons. The van der Waals surface area contributed by atoms with Crippen LogP contribution in [0.3, 0.4) is 0 Å². The summed E-state index contributed by atoms with van der Waals surface area (Å²) in [6.45, 7) is 3.30. The van der Waals surface area contributed by atoms with Crippen LogP contribution in [0.5, 0.6) is 0 Å². The van der Waals surface area contributed by atoms with Crippen LogP contribution in [-0.4, -0.2) is 57.5 Å². The normalized spacial score (nSPS) is 21.1. The molecular weight excluding hydrogens is 332 g/mol. The zero-order valence-electron chi connectivity index (χ0n) is 15.0. The zero-order valence-corrected chi connectivity index (χ0v) is 15.0. The maximum Gasteiger partial charge on any atom is 0.257 e. The summed E-state index contributed by atoms with van der Waals surface area (Å²) >= 11 is 0. The minimum absolute atomic E-state index is 0.0318. The number of ether oxygens (including phenoxy) is 2. The minimum Gasteiger partial charge on any atom is -0.375 e. The van der Waals surface area contributed by atoms with Crippen LogP contribution in [0.2, 0.25) is 0 Å². The van der Waals surface area contributed by atoms with Crippen molar-refractivity contribution in [1.82, 2.24) is 19.7 Å². The lowest BCUT2D eigenvalue weighted by atomic mass is 9.79. The van der Waals surface area contributed by atoms with Crippen LogP contribution >= 0.6 is 0 Å². The Bertz CT molecular complexity index is 755. The molecule has 2 saturated heterocycles. The van der Waals surface area contributed by atoms with Crippen molar-refractivity contribution in [3.05, 3.63) is 48.0 Å². The van der Waals surface area contributed by atoms with E-state index in [1.165, 1.54) is 0 Å². The molecule has 0 N–H and O–H groups in total. The molecule has 7 heteroatoms. The molecule has 2 fully saturated rings. The number of rotatable bonds is 6. The molecule has 4 rings (SSSR count). The SMILES string of the molecule is Cn1cc(C(=O)N2CC3(C2)OCC[C@H]3CCOCc2ccccn2)cn1. The van der Waals surface area contributed by atoms with Crippen LogP contribution in [0.25, 0.3) is 0 Å². The quantitative estimate of drug-likeness (QED) is 0.736. The molecule has 0 unspecified atom stereocenters. The first-order valence-electron chi connectivity index (χ1n) is 9.06. The fourth-order valence-corrected chi connectivity index (χ4v) is 3.89. The van der Waals surface area contributed by atoms with E-state index in [2.05, 4.69) is 10.1 Å². The molecule has 1 atom stereocenters. The summed E-state index contributed by atoms with van der Waals surface area (Å²) in [6, 6.07) is 5.83. The molecule has 0 aromatic carbocycles. The number of aryl methyl sites for hydroxylation is 1. The lowest BCUT2D eigenvalue weighted by molar-refractivity contribution is -0.120. The first kappa shape index (κ1) is 17.2. The van der Waals surface area contributed by atoms with E-state index in [0.717, 1.165) is 25.1 Å². The van der Waals surface area contributed by atoms with Gasteiger partial charge in [0.1, 0.15) is 5.60 Å². The molecule has 2 aliphatic heterocycles. The lowest BCUT2D eigenvalue weighted by Gasteiger charge is -2.50. The van der Waals surface area contributed by atoms with E-state index in [1.54, 1.807) is 23.3 Å². The number of aromatic nitrogens is 3. The summed E-state index contributed by atoms with van der Waals surface area (Å²) < 4.78 is 13.5. The van der Waals surface area contributed by atoms with Gasteiger partial charge in [-0.05, 0) is 30.9 Å². The van der Waals surface area contributed by atoms with E-state index in [-0.39, 0.29) is 11.5 Å². The van der Waals surface area contributed by atoms with Crippen molar-refractivity contribution in [2.45, 2.75) is 25.0 Å². The number of carbonyl (C=O) groups excluding carboxylic acids is 1. The second-order valence-corrected chi connectivity index (χ2v) is 7.13. The third kappa shape index (κ3) is 3.37. The first-order chi connectivity index (χ1) is 12.7. The van der Waals surface area contributed by atoms with E-state index >= 15 is 0 Å². The summed E-state index contributed by atoms with van der Waals surface area (Å²) in [5.41, 5.74) is 1.39. The van der Waals surface area contributed by atoms with Gasteiger partial charge >= 0.3 is 0 Å². The number of carbonyl (C=O) groups is 1. The van der Waals surface area contributed by atoms with Gasteiger partial charge in [-0.25, -0.2) is 0 Å². The van der Waals surface area contributed by atoms with Crippen molar-refractivity contribution in [1.29, 1.82) is 0 Å². The van der Waals surface area contributed by atoms with Gasteiger partial charge in [-0.1, -0.05) is 6.07 Å². The number of hydrogen-bond acceptors (Lipinski definition) is 5. The van der Waals surface area contributed by atoms with Crippen molar-refractivity contribution in [3.63, 3.8) is 0 Å². The Kier molecular flexibility index (Phi) is 4.74. The van der Waals surface area contributed by atoms with Crippen LogP contribution in [0.1, 0.15) is 28.9 Å². The third-order valence-electron chi connectivity index (χ3n) is 5.34. The smallest absolute Gasteiger partial charge is 0.257 e. The van der Waals surface area contributed by atoms with Crippen LogP contribution < -0.4 is 0 Å². The van der Waals surface area contributed by atoms with Gasteiger partial charge in [0, 0.05) is 32.7 Å². The molecule has 4 heterocycles. The average molecular weight is 356 g/mol. The molecule has 1 spiro atoms. The molecule has 2 aromatic heterocycles. The predicted molar refractivity (Wildman–Crippen MR) is 94.4 cm³/mol. The van der Waals surface area contributed by atoms with Crippen LogP contribution in [0.15, 0.2) is 36.8 Å². The fraction of sp³-hybridized carbons (Fsp3) is 0.526. The minimum atomic E-state index is -0.188. The van der Waals surface area contributed by atoms with Crippen LogP contribution in [-0.2, 0) is 23.1 Å². The van der Waals surface area contributed by atoms with Gasteiger partial charge in [-0.2, -0.15) is 5.10 Å². The fourth-order valence-electron chi connectivity index (χ4n) is 3.89. The molecule has 0 saturated carbocycles. The van der Waals surface area contributed by atoms with Crippen LogP contribution in [0.4, 0.5) is 0 Å². The van der Waals surface area contributed by atoms with Gasteiger partial charge < -0.3 is 14.4 Å². The predicted octanol–water partition coefficient (Wildman–Crippen LogP) is 1.65. The zero-order chi connectivity index (χ0) is 18.0. The first-order valence-corrected chi connectivity index (χ1v) is 9.06. The Hall–Kier alpha value is -2.25. The Morgan fingerprint density at radius 1 is 1.42 bits per heavy atom. The van der Waals surface area contributed by atoms with Gasteiger partial charge in [0.2, 0.25) is 0 Å². The molecule has 1 amide bonds. The molecule has 0 bridgehead atoms. The van der Waals surface area contributed by atoms with Crippen molar-refractivity contribution in [2.24, 2.45) is 13.0 Å². The average Bonchev–Trinajstić information content (AvgIpc) is 3.24. The van der Waals surface area contributed by atoms with E-state index < -0.39 is 0 Å². The molecule has 2 aromatic rings. The molecule has 0 aliphatic carbocycles. The van der Waals surface area contributed by atoms with Gasteiger partial charge in [-0.15, -0.1) is 0 Å². The largest absolute Gasteiger partial charge is 0.375 e. The topological polar surface area (TPSA) is 69.5 Å². The van der Waals surface area contributed by atoms with E-state index in [1.807, 2.05) is 30.1 Å². The van der Waals surface area contributed by atoms with E-state index in [0.29, 0.717) is 37.8 Å². The van der Waals surface area contributed by atoms with Gasteiger partial charge in [0.15, 0.2) is 0 Å². The summed E-state index contributed by atoms with van der Waals surface area (Å²) in [6.07, 6.45) is 7.13. The second kappa shape index (κ2) is 7.17. The highest BCUT2D eigenvalue weighted by molar-refractivity contribution is 5.94. The Morgan fingerprint density at radius 3 is 3.04 bits per heavy atom. The van der Waals surface area contributed by atoms with Crippen LogP contribution in [0, 0.1) is 5.92 Å². The summed E-state index contributed by atoms with van der Waals surface area (Å²) in [5, 5.41) is 4.07. The Balaban J connectivity index is 1.26. The summed E-state index contributed by atoms with van der Waals surface area (Å²) in [4.78, 5) is 18.6. The van der Waals surface area contributed by atoms with E-state index in [4.69, 9.17) is 9.47 Å². The summed E-state index contributed by atoms with van der Waals surface area (Å²) in [7, 11) is 1.81. The third-order valence-corrected chi connectivity index (χ3v) is 5.34. The number of likely N-dealkylation sites (tertiary alicyclic amines) is 1. The number of nitrogens with zero attached hydrogens (tertiary/aromatic N) is 4. The van der Waals surface area contributed by atoms with Gasteiger partial charge in [0.25, 0.3) is 5.91 Å². The Morgan fingerprint density at radius 2 is 2.31 bits per heavy atom. The van der Waals surface area contributed by atoms with Crippen molar-refractivity contribution in [2.75, 3.05) is 26.3 Å². The number of pyridine rings is 1. The van der Waals surface area contributed by atoms with Crippen molar-refractivity contribution >= 4 is 5.91 Å². The van der Waals surface area contributed by atoms with Crippen molar-refractivity contribution < 1.29 is 14.3 Å². The molecule has 2 aliphatic rings. The Labute approximate surface area is 152 Å². The standard InChI is InChI=1S/C19H24N4O3/c1-22-11-15(10-21-22)18(24)23-13-19(14-23)16(6-9-26-19)5-8-25-12-17-4-2-3-7-20-17/h2-4,7,10-11,16H,5-6,8-9,12-14H2,1H3/t16-/m1/s1.